The van der Waals surface area contributed by atoms with Gasteiger partial charge in [0.25, 0.3) is 0 Å². The van der Waals surface area contributed by atoms with Crippen molar-refractivity contribution >= 4 is 5.69 Å². The number of hydrogen-bond acceptors (Lipinski definition) is 4. The van der Waals surface area contributed by atoms with Crippen molar-refractivity contribution in [2.24, 2.45) is 0 Å². The molecule has 0 radical (unpaired) electrons. The highest BCUT2D eigenvalue weighted by atomic mass is 16.3. The Bertz CT molecular complexity index is 342. The van der Waals surface area contributed by atoms with E-state index in [1.54, 1.807) is 0 Å². The molecule has 4 nitrogen and oxygen atoms in total. The number of nitrogen functional groups attached to an aromatic ring is 1. The summed E-state index contributed by atoms with van der Waals surface area (Å²) in [4.78, 5) is 2.11. The second kappa shape index (κ2) is 6.59. The first kappa shape index (κ1) is 14.0. The molecule has 0 fully saturated rings. The minimum Gasteiger partial charge on any atom is -0.399 e. The van der Waals surface area contributed by atoms with E-state index in [2.05, 4.69) is 18.7 Å². The highest BCUT2D eigenvalue weighted by molar-refractivity contribution is 5.40. The third-order valence-corrected chi connectivity index (χ3v) is 2.72. The molecule has 0 aromatic heterocycles. The first-order valence-electron chi connectivity index (χ1n) is 5.90. The molecule has 1 unspecified atom stereocenters. The van der Waals surface area contributed by atoms with E-state index in [1.165, 1.54) is 0 Å². The van der Waals surface area contributed by atoms with E-state index in [4.69, 9.17) is 10.8 Å². The molecule has 1 rings (SSSR count). The summed E-state index contributed by atoms with van der Waals surface area (Å²) < 4.78 is 0. The number of benzene rings is 1. The van der Waals surface area contributed by atoms with E-state index in [-0.39, 0.29) is 6.61 Å². The Hall–Kier alpha value is -1.10. The van der Waals surface area contributed by atoms with Gasteiger partial charge >= 0.3 is 0 Å². The zero-order valence-corrected chi connectivity index (χ0v) is 10.5. The molecule has 1 aromatic carbocycles. The number of nitrogens with two attached hydrogens (primary N) is 1. The molecule has 0 spiro atoms. The van der Waals surface area contributed by atoms with Crippen molar-refractivity contribution in [2.75, 3.05) is 18.9 Å². The fraction of sp³-hybridized carbons (Fsp3) is 0.538. The van der Waals surface area contributed by atoms with Crippen LogP contribution in [0.15, 0.2) is 24.3 Å². The van der Waals surface area contributed by atoms with Crippen molar-refractivity contribution < 1.29 is 10.2 Å². The van der Waals surface area contributed by atoms with E-state index >= 15 is 0 Å². The molecule has 0 saturated heterocycles. The standard InChI is InChI=1S/C13H22N2O2/c1-10(2)15(8-13(17)9-16)7-11-4-3-5-12(14)6-11/h3-6,10,13,16-17H,7-9,14H2,1-2H3. The normalized spacial score (nSPS) is 13.3. The van der Waals surface area contributed by atoms with Gasteiger partial charge in [-0.1, -0.05) is 12.1 Å². The van der Waals surface area contributed by atoms with E-state index in [9.17, 15) is 5.11 Å². The van der Waals surface area contributed by atoms with E-state index in [0.29, 0.717) is 12.6 Å². The van der Waals surface area contributed by atoms with Crippen LogP contribution >= 0.6 is 0 Å². The molecule has 0 heterocycles. The van der Waals surface area contributed by atoms with E-state index < -0.39 is 6.10 Å². The Morgan fingerprint density at radius 3 is 2.59 bits per heavy atom. The summed E-state index contributed by atoms with van der Waals surface area (Å²) in [6.45, 7) is 5.11. The van der Waals surface area contributed by atoms with Crippen LogP contribution in [0.1, 0.15) is 19.4 Å². The highest BCUT2D eigenvalue weighted by Crippen LogP contribution is 2.12. The zero-order chi connectivity index (χ0) is 12.8. The summed E-state index contributed by atoms with van der Waals surface area (Å²) in [6, 6.07) is 8.02. The van der Waals surface area contributed by atoms with Gasteiger partial charge in [-0.2, -0.15) is 0 Å². The van der Waals surface area contributed by atoms with Crippen molar-refractivity contribution in [3.05, 3.63) is 29.8 Å². The van der Waals surface area contributed by atoms with Gasteiger partial charge in [0.15, 0.2) is 0 Å². The molecule has 0 aliphatic heterocycles. The van der Waals surface area contributed by atoms with Crippen molar-refractivity contribution in [1.29, 1.82) is 0 Å². The van der Waals surface area contributed by atoms with Gasteiger partial charge in [0, 0.05) is 24.8 Å². The fourth-order valence-corrected chi connectivity index (χ4v) is 1.71. The molecule has 4 N–H and O–H groups in total. The maximum atomic E-state index is 9.49. The van der Waals surface area contributed by atoms with Gasteiger partial charge in [0.2, 0.25) is 0 Å². The smallest absolute Gasteiger partial charge is 0.0897 e. The molecule has 1 atom stereocenters. The summed E-state index contributed by atoms with van der Waals surface area (Å²) >= 11 is 0. The van der Waals surface area contributed by atoms with E-state index in [0.717, 1.165) is 17.8 Å². The van der Waals surface area contributed by atoms with Crippen LogP contribution in [0.5, 0.6) is 0 Å². The fourth-order valence-electron chi connectivity index (χ4n) is 1.71. The van der Waals surface area contributed by atoms with Gasteiger partial charge in [0.05, 0.1) is 12.7 Å². The Balaban J connectivity index is 2.66. The average Bonchev–Trinajstić information content (AvgIpc) is 2.27. The maximum Gasteiger partial charge on any atom is 0.0897 e. The van der Waals surface area contributed by atoms with Crippen molar-refractivity contribution in [1.82, 2.24) is 4.90 Å². The summed E-state index contributed by atoms with van der Waals surface area (Å²) in [5.41, 5.74) is 7.59. The summed E-state index contributed by atoms with van der Waals surface area (Å²) in [5, 5.41) is 18.4. The second-order valence-electron chi connectivity index (χ2n) is 4.60. The molecular weight excluding hydrogens is 216 g/mol. The first-order chi connectivity index (χ1) is 8.02. The summed E-state index contributed by atoms with van der Waals surface area (Å²) in [7, 11) is 0. The lowest BCUT2D eigenvalue weighted by Gasteiger charge is -2.28. The van der Waals surface area contributed by atoms with Crippen molar-refractivity contribution in [3.63, 3.8) is 0 Å². The minimum absolute atomic E-state index is 0.208. The Kier molecular flexibility index (Phi) is 5.41. The molecule has 1 aromatic rings. The zero-order valence-electron chi connectivity index (χ0n) is 10.5. The third kappa shape index (κ3) is 4.73. The molecule has 0 amide bonds. The van der Waals surface area contributed by atoms with Gasteiger partial charge in [-0.05, 0) is 31.5 Å². The van der Waals surface area contributed by atoms with Crippen LogP contribution < -0.4 is 5.73 Å². The largest absolute Gasteiger partial charge is 0.399 e. The predicted octanol–water partition coefficient (Wildman–Crippen LogP) is 0.832. The molecule has 0 bridgehead atoms. The highest BCUT2D eigenvalue weighted by Gasteiger charge is 2.14. The van der Waals surface area contributed by atoms with E-state index in [1.807, 2.05) is 24.3 Å². The van der Waals surface area contributed by atoms with Gasteiger partial charge in [0.1, 0.15) is 0 Å². The first-order valence-corrected chi connectivity index (χ1v) is 5.90. The lowest BCUT2D eigenvalue weighted by molar-refractivity contribution is 0.0464. The molecular formula is C13H22N2O2. The lowest BCUT2D eigenvalue weighted by atomic mass is 10.1. The monoisotopic (exact) mass is 238 g/mol. The maximum absolute atomic E-state index is 9.49. The molecule has 0 saturated carbocycles. The number of aliphatic hydroxyl groups is 2. The molecule has 0 aliphatic carbocycles. The van der Waals surface area contributed by atoms with Crippen LogP contribution in [-0.4, -0.2) is 40.4 Å². The Labute approximate surface area is 103 Å². The van der Waals surface area contributed by atoms with Crippen LogP contribution in [0.4, 0.5) is 5.69 Å². The topological polar surface area (TPSA) is 69.7 Å². The number of anilines is 1. The molecule has 96 valence electrons. The van der Waals surface area contributed by atoms with Crippen molar-refractivity contribution in [2.45, 2.75) is 32.5 Å². The quantitative estimate of drug-likeness (QED) is 0.642. The number of rotatable bonds is 6. The van der Waals surface area contributed by atoms with Crippen LogP contribution in [0.2, 0.25) is 0 Å². The SMILES string of the molecule is CC(C)N(Cc1cccc(N)c1)CC(O)CO. The molecule has 17 heavy (non-hydrogen) atoms. The van der Waals surface area contributed by atoms with Crippen molar-refractivity contribution in [3.8, 4) is 0 Å². The average molecular weight is 238 g/mol. The van der Waals surface area contributed by atoms with Gasteiger partial charge < -0.3 is 15.9 Å². The second-order valence-corrected chi connectivity index (χ2v) is 4.60. The summed E-state index contributed by atoms with van der Waals surface area (Å²) in [5.74, 6) is 0. The van der Waals surface area contributed by atoms with Crippen LogP contribution in [0.25, 0.3) is 0 Å². The van der Waals surface area contributed by atoms with Crippen LogP contribution in [0.3, 0.4) is 0 Å². The van der Waals surface area contributed by atoms with Gasteiger partial charge in [-0.15, -0.1) is 0 Å². The van der Waals surface area contributed by atoms with Crippen LogP contribution in [-0.2, 0) is 6.54 Å². The van der Waals surface area contributed by atoms with Gasteiger partial charge in [-0.3, -0.25) is 4.90 Å². The number of aliphatic hydroxyl groups excluding tert-OH is 2. The molecule has 0 aliphatic rings. The summed E-state index contributed by atoms with van der Waals surface area (Å²) in [6.07, 6.45) is -0.696. The number of nitrogens with zero attached hydrogens (tertiary/aromatic N) is 1. The Morgan fingerprint density at radius 1 is 1.35 bits per heavy atom. The lowest BCUT2D eigenvalue weighted by Crippen LogP contribution is -2.38. The molecule has 4 heteroatoms. The Morgan fingerprint density at radius 2 is 2.06 bits per heavy atom. The third-order valence-electron chi connectivity index (χ3n) is 2.72. The van der Waals surface area contributed by atoms with Gasteiger partial charge in [-0.25, -0.2) is 0 Å². The number of hydrogen-bond donors (Lipinski definition) is 3. The van der Waals surface area contributed by atoms with Crippen LogP contribution in [0, 0.1) is 0 Å². The minimum atomic E-state index is -0.696. The predicted molar refractivity (Wildman–Crippen MR) is 69.5 cm³/mol.